The summed E-state index contributed by atoms with van der Waals surface area (Å²) in [5.74, 6) is -0.145. The number of carbonyl (C=O) groups is 4. The molecular weight excluding hydrogens is 462 g/mol. The molecule has 2 atom stereocenters. The minimum Gasteiger partial charge on any atom is -0.480 e. The minimum absolute atomic E-state index is 0.0136. The van der Waals surface area contributed by atoms with E-state index in [-0.39, 0.29) is 42.1 Å². The van der Waals surface area contributed by atoms with E-state index in [4.69, 9.17) is 4.74 Å². The van der Waals surface area contributed by atoms with Crippen molar-refractivity contribution in [2.45, 2.75) is 45.1 Å². The van der Waals surface area contributed by atoms with Crippen LogP contribution in [-0.2, 0) is 14.4 Å². The highest BCUT2D eigenvalue weighted by Gasteiger charge is 2.41. The molecule has 4 amide bonds. The molecule has 10 nitrogen and oxygen atoms in total. The van der Waals surface area contributed by atoms with Crippen molar-refractivity contribution < 1.29 is 23.9 Å². The Kier molecular flexibility index (Phi) is 7.91. The van der Waals surface area contributed by atoms with E-state index in [1.54, 1.807) is 35.1 Å². The quantitative estimate of drug-likeness (QED) is 0.591. The Hall–Kier alpha value is -3.43. The molecule has 194 valence electrons. The highest BCUT2D eigenvalue weighted by Crippen LogP contribution is 2.36. The minimum atomic E-state index is -0.632. The molecule has 0 unspecified atom stereocenters. The lowest BCUT2D eigenvalue weighted by atomic mass is 9.74. The number of aromatic nitrogens is 1. The molecule has 4 rings (SSSR count). The van der Waals surface area contributed by atoms with Crippen molar-refractivity contribution in [1.82, 2.24) is 25.4 Å². The van der Waals surface area contributed by atoms with Crippen LogP contribution in [0.25, 0.3) is 0 Å². The molecule has 4 heterocycles. The highest BCUT2D eigenvalue weighted by atomic mass is 16.5. The zero-order valence-electron chi connectivity index (χ0n) is 21.0. The first kappa shape index (κ1) is 25.7. The number of methoxy groups -OCH3 is 1. The largest absolute Gasteiger partial charge is 0.480 e. The van der Waals surface area contributed by atoms with Gasteiger partial charge in [0.05, 0.1) is 19.1 Å². The maximum atomic E-state index is 13.2. The van der Waals surface area contributed by atoms with Gasteiger partial charge in [0.15, 0.2) is 0 Å². The zero-order chi connectivity index (χ0) is 25.7. The van der Waals surface area contributed by atoms with Crippen LogP contribution in [0.3, 0.4) is 0 Å². The van der Waals surface area contributed by atoms with Gasteiger partial charge in [-0.05, 0) is 44.2 Å². The van der Waals surface area contributed by atoms with Gasteiger partial charge in [0, 0.05) is 51.3 Å². The number of rotatable bonds is 2. The van der Waals surface area contributed by atoms with E-state index in [1.165, 1.54) is 7.11 Å². The van der Waals surface area contributed by atoms with E-state index in [0.717, 1.165) is 0 Å². The fourth-order valence-electron chi connectivity index (χ4n) is 5.49. The Labute approximate surface area is 211 Å². The molecule has 36 heavy (non-hydrogen) atoms. The van der Waals surface area contributed by atoms with Gasteiger partial charge in [0.25, 0.3) is 5.91 Å². The van der Waals surface area contributed by atoms with Gasteiger partial charge >= 0.3 is 0 Å². The average molecular weight is 498 g/mol. The number of ether oxygens (including phenoxy) is 1. The molecule has 1 aromatic rings. The number of likely N-dealkylation sites (tertiary alicyclic amines) is 2. The number of carbonyl (C=O) groups excluding carboxylic acids is 4. The van der Waals surface area contributed by atoms with Crippen molar-refractivity contribution >= 4 is 23.6 Å². The highest BCUT2D eigenvalue weighted by molar-refractivity contribution is 5.96. The van der Waals surface area contributed by atoms with E-state index >= 15 is 0 Å². The first-order chi connectivity index (χ1) is 17.3. The van der Waals surface area contributed by atoms with Crippen LogP contribution < -0.4 is 15.4 Å². The summed E-state index contributed by atoms with van der Waals surface area (Å²) < 4.78 is 5.27. The Morgan fingerprint density at radius 2 is 1.92 bits per heavy atom. The number of nitrogens with zero attached hydrogens (tertiary/aromatic N) is 3. The van der Waals surface area contributed by atoms with Crippen LogP contribution in [0.4, 0.5) is 0 Å². The van der Waals surface area contributed by atoms with Crippen LogP contribution in [0.1, 0.15) is 49.4 Å². The van der Waals surface area contributed by atoms with Crippen LogP contribution >= 0.6 is 0 Å². The molecule has 2 saturated heterocycles. The van der Waals surface area contributed by atoms with E-state index in [1.807, 2.05) is 0 Å². The number of piperidine rings is 2. The Morgan fingerprint density at radius 3 is 2.64 bits per heavy atom. The molecule has 1 spiro atoms. The maximum absolute atomic E-state index is 13.2. The SMILES string of the molecule is COc1ncccc1C(=O)N1CC[C@H]2NC(=O)CNC(=O)C3(C/C=C/C[C@H]2C1)CCN(C(C)=O)CC3. The number of hydrogen-bond acceptors (Lipinski definition) is 6. The van der Waals surface area contributed by atoms with Crippen LogP contribution in [0, 0.1) is 11.3 Å². The van der Waals surface area contributed by atoms with E-state index in [0.29, 0.717) is 69.7 Å². The number of amides is 4. The van der Waals surface area contributed by atoms with Crippen LogP contribution in [0.2, 0.25) is 0 Å². The molecule has 0 radical (unpaired) electrons. The van der Waals surface area contributed by atoms with Gasteiger partial charge in [0.2, 0.25) is 23.6 Å². The molecule has 0 saturated carbocycles. The third-order valence-electron chi connectivity index (χ3n) is 7.73. The lowest BCUT2D eigenvalue weighted by molar-refractivity contribution is -0.140. The van der Waals surface area contributed by atoms with Gasteiger partial charge in [-0.15, -0.1) is 0 Å². The standard InChI is InChI=1S/C26H35N5O5/c1-18(32)30-14-10-26(11-15-30)9-4-3-6-19-17-31(24(34)20-7-5-12-27-23(20)36-2)13-8-21(19)29-22(33)16-28-25(26)35/h3-5,7,12,19,21H,6,8-11,13-17H2,1-2H3,(H,28,35)(H,29,33)/b4-3+/t19-,21+/m0/s1. The zero-order valence-corrected chi connectivity index (χ0v) is 21.0. The van der Waals surface area contributed by atoms with Crippen molar-refractivity contribution in [3.63, 3.8) is 0 Å². The summed E-state index contributed by atoms with van der Waals surface area (Å²) in [6, 6.07) is 3.33. The number of fused-ring (bicyclic) bond motifs is 1. The summed E-state index contributed by atoms with van der Waals surface area (Å²) in [5.41, 5.74) is -0.208. The number of nitrogens with one attached hydrogen (secondary N) is 2. The maximum Gasteiger partial charge on any atom is 0.259 e. The van der Waals surface area contributed by atoms with Crippen molar-refractivity contribution in [2.75, 3.05) is 39.8 Å². The normalized spacial score (nSPS) is 25.5. The summed E-state index contributed by atoms with van der Waals surface area (Å²) >= 11 is 0. The Balaban J connectivity index is 1.48. The van der Waals surface area contributed by atoms with E-state index in [9.17, 15) is 19.2 Å². The summed E-state index contributed by atoms with van der Waals surface area (Å²) in [6.45, 7) is 3.52. The second-order valence-electron chi connectivity index (χ2n) is 9.91. The van der Waals surface area contributed by atoms with Crippen molar-refractivity contribution in [3.8, 4) is 5.88 Å². The van der Waals surface area contributed by atoms with Gasteiger partial charge in [-0.2, -0.15) is 0 Å². The molecule has 0 aliphatic carbocycles. The van der Waals surface area contributed by atoms with Crippen molar-refractivity contribution in [3.05, 3.63) is 36.0 Å². The van der Waals surface area contributed by atoms with Gasteiger partial charge in [0.1, 0.15) is 5.56 Å². The molecule has 0 bridgehead atoms. The van der Waals surface area contributed by atoms with Crippen LogP contribution in [0.5, 0.6) is 5.88 Å². The van der Waals surface area contributed by atoms with Crippen LogP contribution in [0.15, 0.2) is 30.5 Å². The molecule has 10 heteroatoms. The summed E-state index contributed by atoms with van der Waals surface area (Å²) in [5, 5.41) is 5.91. The van der Waals surface area contributed by atoms with Crippen molar-refractivity contribution in [2.24, 2.45) is 11.3 Å². The summed E-state index contributed by atoms with van der Waals surface area (Å²) in [6.07, 6.45) is 8.68. The van der Waals surface area contributed by atoms with Gasteiger partial charge in [-0.25, -0.2) is 4.98 Å². The topological polar surface area (TPSA) is 121 Å². The predicted molar refractivity (Wildman–Crippen MR) is 132 cm³/mol. The van der Waals surface area contributed by atoms with Gasteiger partial charge in [-0.1, -0.05) is 12.2 Å². The number of allylic oxidation sites excluding steroid dienone is 2. The van der Waals surface area contributed by atoms with Crippen molar-refractivity contribution in [1.29, 1.82) is 0 Å². The van der Waals surface area contributed by atoms with E-state index in [2.05, 4.69) is 27.8 Å². The number of pyridine rings is 1. The molecule has 1 aromatic heterocycles. The second kappa shape index (κ2) is 11.1. The van der Waals surface area contributed by atoms with Gasteiger partial charge < -0.3 is 25.2 Å². The third-order valence-corrected chi connectivity index (χ3v) is 7.73. The monoisotopic (exact) mass is 497 g/mol. The van der Waals surface area contributed by atoms with E-state index < -0.39 is 5.41 Å². The third kappa shape index (κ3) is 5.52. The Bertz CT molecular complexity index is 1030. The average Bonchev–Trinajstić information content (AvgIpc) is 2.89. The lowest BCUT2D eigenvalue weighted by Gasteiger charge is -2.41. The first-order valence-corrected chi connectivity index (χ1v) is 12.6. The summed E-state index contributed by atoms with van der Waals surface area (Å²) in [4.78, 5) is 58.6. The molecular formula is C26H35N5O5. The molecule has 2 fully saturated rings. The predicted octanol–water partition coefficient (Wildman–Crippen LogP) is 1.13. The first-order valence-electron chi connectivity index (χ1n) is 12.6. The molecule has 3 aliphatic heterocycles. The fraction of sp³-hybridized carbons (Fsp3) is 0.577. The molecule has 2 N–H and O–H groups in total. The fourth-order valence-corrected chi connectivity index (χ4v) is 5.49. The molecule has 3 aliphatic rings. The van der Waals surface area contributed by atoms with Crippen LogP contribution in [-0.4, -0.2) is 84.3 Å². The summed E-state index contributed by atoms with van der Waals surface area (Å²) in [7, 11) is 1.49. The lowest BCUT2D eigenvalue weighted by Crippen LogP contribution is -2.55. The second-order valence-corrected chi connectivity index (χ2v) is 9.91. The Morgan fingerprint density at radius 1 is 1.14 bits per heavy atom. The smallest absolute Gasteiger partial charge is 0.259 e. The molecule has 0 aromatic carbocycles. The van der Waals surface area contributed by atoms with Gasteiger partial charge in [-0.3, -0.25) is 19.2 Å². The number of hydrogen-bond donors (Lipinski definition) is 2.